The standard InChI is InChI=1S/C24H17BrCl2N4O3S/c25-15-2-1-3-18(12-15)28-21(32)13-20-23(34)30(19-10-8-17(27)9-11-19)24(35)31(20)29-22(33)14-4-6-16(26)7-5-14/h1-12,20H,13H2,(H,28,32)(H,29,33). The number of nitrogens with zero attached hydrogens (tertiary/aromatic N) is 2. The first-order valence-corrected chi connectivity index (χ1v) is 12.2. The molecule has 0 saturated carbocycles. The number of hydrazine groups is 1. The molecule has 3 aromatic rings. The number of carbonyl (C=O) groups is 3. The third-order valence-corrected chi connectivity index (χ3v) is 6.49. The molecule has 3 amide bonds. The first-order chi connectivity index (χ1) is 16.7. The second-order valence-electron chi connectivity index (χ2n) is 7.53. The lowest BCUT2D eigenvalue weighted by atomic mass is 10.1. The van der Waals surface area contributed by atoms with E-state index in [-0.39, 0.29) is 11.5 Å². The maximum Gasteiger partial charge on any atom is 0.269 e. The Bertz CT molecular complexity index is 1300. The zero-order chi connectivity index (χ0) is 25.1. The SMILES string of the molecule is O=C(CC1C(=O)N(c2ccc(Cl)cc2)C(=S)N1NC(=O)c1ccc(Cl)cc1)Nc1cccc(Br)c1. The van der Waals surface area contributed by atoms with Gasteiger partial charge in [-0.3, -0.25) is 24.7 Å². The van der Waals surface area contributed by atoms with E-state index in [4.69, 9.17) is 35.4 Å². The minimum absolute atomic E-state index is 0.0277. The van der Waals surface area contributed by atoms with Crippen molar-refractivity contribution in [3.63, 3.8) is 0 Å². The second kappa shape index (κ2) is 10.7. The molecule has 11 heteroatoms. The van der Waals surface area contributed by atoms with E-state index in [2.05, 4.69) is 26.7 Å². The topological polar surface area (TPSA) is 81.8 Å². The van der Waals surface area contributed by atoms with Crippen molar-refractivity contribution in [2.45, 2.75) is 12.5 Å². The molecule has 1 aliphatic rings. The summed E-state index contributed by atoms with van der Waals surface area (Å²) in [5, 5.41) is 5.00. The summed E-state index contributed by atoms with van der Waals surface area (Å²) in [6.07, 6.45) is -0.253. The summed E-state index contributed by atoms with van der Waals surface area (Å²) >= 11 is 20.8. The number of benzene rings is 3. The van der Waals surface area contributed by atoms with Crippen LogP contribution in [0.1, 0.15) is 16.8 Å². The van der Waals surface area contributed by atoms with Gasteiger partial charge in [-0.2, -0.15) is 0 Å². The van der Waals surface area contributed by atoms with Crippen LogP contribution in [0.5, 0.6) is 0 Å². The molecule has 1 atom stereocenters. The van der Waals surface area contributed by atoms with Crippen molar-refractivity contribution < 1.29 is 14.4 Å². The summed E-state index contributed by atoms with van der Waals surface area (Å²) in [6, 6.07) is 18.8. The van der Waals surface area contributed by atoms with Crippen LogP contribution in [0.2, 0.25) is 10.0 Å². The van der Waals surface area contributed by atoms with Gasteiger partial charge >= 0.3 is 0 Å². The Hall–Kier alpha value is -2.98. The summed E-state index contributed by atoms with van der Waals surface area (Å²) in [5.74, 6) is -1.39. The van der Waals surface area contributed by atoms with Crippen molar-refractivity contribution in [3.05, 3.63) is 92.9 Å². The summed E-state index contributed by atoms with van der Waals surface area (Å²) in [4.78, 5) is 40.4. The van der Waals surface area contributed by atoms with Gasteiger partial charge in [0.2, 0.25) is 11.0 Å². The fourth-order valence-corrected chi connectivity index (χ4v) is 4.48. The number of hydrogen-bond donors (Lipinski definition) is 2. The monoisotopic (exact) mass is 590 g/mol. The molecule has 1 saturated heterocycles. The van der Waals surface area contributed by atoms with Gasteiger partial charge in [0.05, 0.1) is 12.1 Å². The summed E-state index contributed by atoms with van der Waals surface area (Å²) in [6.45, 7) is 0. The van der Waals surface area contributed by atoms with Gasteiger partial charge < -0.3 is 5.32 Å². The second-order valence-corrected chi connectivity index (χ2v) is 9.68. The number of nitrogens with one attached hydrogen (secondary N) is 2. The Morgan fingerprint density at radius 3 is 2.23 bits per heavy atom. The van der Waals surface area contributed by atoms with Gasteiger partial charge in [0.15, 0.2) is 0 Å². The van der Waals surface area contributed by atoms with Gasteiger partial charge in [0, 0.05) is 25.8 Å². The van der Waals surface area contributed by atoms with Crippen LogP contribution in [0, 0.1) is 0 Å². The normalized spacial score (nSPS) is 15.3. The number of rotatable bonds is 6. The van der Waals surface area contributed by atoms with Crippen molar-refractivity contribution in [2.75, 3.05) is 10.2 Å². The third kappa shape index (κ3) is 5.82. The molecule has 4 rings (SSSR count). The number of thiocarbonyl (C=S) groups is 1. The number of anilines is 2. The van der Waals surface area contributed by atoms with Crippen molar-refractivity contribution in [1.82, 2.24) is 10.4 Å². The van der Waals surface area contributed by atoms with Crippen molar-refractivity contribution >= 4 is 85.6 Å². The molecule has 0 aromatic heterocycles. The molecule has 35 heavy (non-hydrogen) atoms. The van der Waals surface area contributed by atoms with E-state index in [0.717, 1.165) is 4.47 Å². The Morgan fingerprint density at radius 1 is 0.971 bits per heavy atom. The average molecular weight is 592 g/mol. The fourth-order valence-electron chi connectivity index (χ4n) is 3.46. The molecule has 0 radical (unpaired) electrons. The maximum absolute atomic E-state index is 13.4. The summed E-state index contributed by atoms with van der Waals surface area (Å²) in [5.41, 5.74) is 4.00. The van der Waals surface area contributed by atoms with Crippen molar-refractivity contribution in [1.29, 1.82) is 0 Å². The Kier molecular flexibility index (Phi) is 7.71. The van der Waals surface area contributed by atoms with E-state index in [1.807, 2.05) is 6.07 Å². The molecular formula is C24H17BrCl2N4O3S. The molecule has 1 heterocycles. The molecule has 1 fully saturated rings. The predicted molar refractivity (Wildman–Crippen MR) is 143 cm³/mol. The zero-order valence-corrected chi connectivity index (χ0v) is 21.8. The predicted octanol–water partition coefficient (Wildman–Crippen LogP) is 5.43. The highest BCUT2D eigenvalue weighted by Crippen LogP contribution is 2.28. The highest BCUT2D eigenvalue weighted by atomic mass is 79.9. The Balaban J connectivity index is 1.60. The van der Waals surface area contributed by atoms with Crippen molar-refractivity contribution in [2.24, 2.45) is 0 Å². The lowest BCUT2D eigenvalue weighted by Crippen LogP contribution is -2.49. The molecule has 0 aliphatic carbocycles. The quantitative estimate of drug-likeness (QED) is 0.374. The van der Waals surface area contributed by atoms with Crippen molar-refractivity contribution in [3.8, 4) is 0 Å². The molecule has 7 nitrogen and oxygen atoms in total. The van der Waals surface area contributed by atoms with Gasteiger partial charge in [-0.15, -0.1) is 0 Å². The molecule has 1 aliphatic heterocycles. The maximum atomic E-state index is 13.4. The minimum atomic E-state index is -1.07. The van der Waals surface area contributed by atoms with E-state index in [0.29, 0.717) is 27.0 Å². The molecule has 3 aromatic carbocycles. The van der Waals surface area contributed by atoms with Crippen LogP contribution in [0.25, 0.3) is 0 Å². The molecule has 2 N–H and O–H groups in total. The minimum Gasteiger partial charge on any atom is -0.326 e. The summed E-state index contributed by atoms with van der Waals surface area (Å²) < 4.78 is 0.791. The average Bonchev–Trinajstić information content (AvgIpc) is 3.04. The van der Waals surface area contributed by atoms with Crippen LogP contribution < -0.4 is 15.6 Å². The van der Waals surface area contributed by atoms with Crippen LogP contribution in [-0.2, 0) is 9.59 Å². The number of hydrogen-bond acceptors (Lipinski definition) is 4. The first-order valence-electron chi connectivity index (χ1n) is 10.3. The molecule has 178 valence electrons. The van der Waals surface area contributed by atoms with Gasteiger partial charge in [0.25, 0.3) is 11.8 Å². The van der Waals surface area contributed by atoms with E-state index in [9.17, 15) is 14.4 Å². The highest BCUT2D eigenvalue weighted by Gasteiger charge is 2.45. The molecule has 1 unspecified atom stereocenters. The smallest absolute Gasteiger partial charge is 0.269 e. The highest BCUT2D eigenvalue weighted by molar-refractivity contribution is 9.10. The Morgan fingerprint density at radius 2 is 1.60 bits per heavy atom. The van der Waals surface area contributed by atoms with Crippen LogP contribution in [0.4, 0.5) is 11.4 Å². The molecule has 0 bridgehead atoms. The number of carbonyl (C=O) groups excluding carboxylic acids is 3. The lowest BCUT2D eigenvalue weighted by Gasteiger charge is -2.24. The zero-order valence-electron chi connectivity index (χ0n) is 17.9. The van der Waals surface area contributed by atoms with Crippen LogP contribution in [0.3, 0.4) is 0 Å². The molecule has 0 spiro atoms. The van der Waals surface area contributed by atoms with Crippen LogP contribution in [-0.4, -0.2) is 33.9 Å². The van der Waals surface area contributed by atoms with Gasteiger partial charge in [-0.1, -0.05) is 45.2 Å². The lowest BCUT2D eigenvalue weighted by molar-refractivity contribution is -0.124. The van der Waals surface area contributed by atoms with E-state index >= 15 is 0 Å². The van der Waals surface area contributed by atoms with Crippen LogP contribution >= 0.6 is 51.3 Å². The summed E-state index contributed by atoms with van der Waals surface area (Å²) in [7, 11) is 0. The third-order valence-electron chi connectivity index (χ3n) is 5.11. The number of amides is 3. The Labute approximate surface area is 225 Å². The van der Waals surface area contributed by atoms with E-state index < -0.39 is 23.8 Å². The fraction of sp³-hybridized carbons (Fsp3) is 0.0833. The van der Waals surface area contributed by atoms with E-state index in [1.54, 1.807) is 66.7 Å². The van der Waals surface area contributed by atoms with Gasteiger partial charge in [-0.25, -0.2) is 5.01 Å². The first kappa shape index (κ1) is 25.1. The molecular weight excluding hydrogens is 575 g/mol. The number of halogens is 3. The van der Waals surface area contributed by atoms with Crippen LogP contribution in [0.15, 0.2) is 77.3 Å². The van der Waals surface area contributed by atoms with Gasteiger partial charge in [-0.05, 0) is 78.9 Å². The van der Waals surface area contributed by atoms with E-state index in [1.165, 1.54) is 9.91 Å². The largest absolute Gasteiger partial charge is 0.326 e. The van der Waals surface area contributed by atoms with Gasteiger partial charge in [0.1, 0.15) is 6.04 Å².